The number of nitrogen functional groups attached to an aromatic ring is 1. The predicted molar refractivity (Wildman–Crippen MR) is 125 cm³/mol. The van der Waals surface area contributed by atoms with E-state index in [0.29, 0.717) is 22.6 Å². The minimum Gasteiger partial charge on any atom is -0.497 e. The molecule has 3 aromatic rings. The number of hydrogen-bond acceptors (Lipinski definition) is 6. The average molecular weight is 505 g/mol. The van der Waals surface area contributed by atoms with Crippen molar-refractivity contribution < 1.29 is 27.8 Å². The molecule has 184 valence electrons. The second-order valence-electron chi connectivity index (χ2n) is 7.32. The van der Waals surface area contributed by atoms with Gasteiger partial charge in [0.2, 0.25) is 0 Å². The fourth-order valence-corrected chi connectivity index (χ4v) is 3.47. The largest absolute Gasteiger partial charge is 0.497 e. The Bertz CT molecular complexity index is 1190. The van der Waals surface area contributed by atoms with Gasteiger partial charge in [-0.3, -0.25) is 15.2 Å². The summed E-state index contributed by atoms with van der Waals surface area (Å²) in [4.78, 5) is 17.2. The minimum absolute atomic E-state index is 0.0472. The summed E-state index contributed by atoms with van der Waals surface area (Å²) in [5, 5.41) is 7.68. The number of nitrogens with two attached hydrogens (primary N) is 1. The summed E-state index contributed by atoms with van der Waals surface area (Å²) in [5.41, 5.74) is 6.50. The van der Waals surface area contributed by atoms with Crippen LogP contribution in [0.15, 0.2) is 54.7 Å². The average Bonchev–Trinajstić information content (AvgIpc) is 2.85. The summed E-state index contributed by atoms with van der Waals surface area (Å²) in [6, 6.07) is 11.9. The number of benzene rings is 2. The second-order valence-corrected chi connectivity index (χ2v) is 7.73. The van der Waals surface area contributed by atoms with Gasteiger partial charge < -0.3 is 19.9 Å². The summed E-state index contributed by atoms with van der Waals surface area (Å²) in [7, 11) is 2.40. The van der Waals surface area contributed by atoms with Crippen LogP contribution in [0.25, 0.3) is 0 Å². The Morgan fingerprint density at radius 2 is 1.89 bits per heavy atom. The first kappa shape index (κ1) is 25.9. The number of halogens is 3. The summed E-state index contributed by atoms with van der Waals surface area (Å²) < 4.78 is 45.7. The van der Waals surface area contributed by atoms with Crippen molar-refractivity contribution in [2.75, 3.05) is 14.2 Å². The number of carbonyl (C=O) groups excluding carboxylic acids is 1. The Hall–Kier alpha value is -3.76. The van der Waals surface area contributed by atoms with Gasteiger partial charge in [-0.05, 0) is 18.2 Å². The van der Waals surface area contributed by atoms with Gasteiger partial charge in [-0.15, -0.1) is 0 Å². The van der Waals surface area contributed by atoms with Gasteiger partial charge in [0.1, 0.15) is 35.6 Å². The summed E-state index contributed by atoms with van der Waals surface area (Å²) in [6.45, 7) is -0.0935. The number of carbonyl (C=O) groups is 1. The molecule has 8 nitrogen and oxygen atoms in total. The SMILES string of the molecule is COc1cc(F)c(C(OC)C(=O)N(Cl)Cc2ccc(C(=N)N)cc2OCc2ccccn2)c(F)c1. The highest BCUT2D eigenvalue weighted by Crippen LogP contribution is 2.31. The Kier molecular flexibility index (Phi) is 8.56. The van der Waals surface area contributed by atoms with Crippen molar-refractivity contribution in [1.29, 1.82) is 5.41 Å². The summed E-state index contributed by atoms with van der Waals surface area (Å²) in [6.07, 6.45) is -0.0274. The molecular formula is C24H23ClF2N4O4. The normalized spacial score (nSPS) is 11.6. The van der Waals surface area contributed by atoms with E-state index in [1.54, 1.807) is 36.5 Å². The van der Waals surface area contributed by atoms with Crippen LogP contribution < -0.4 is 15.2 Å². The van der Waals surface area contributed by atoms with E-state index in [-0.39, 0.29) is 24.7 Å². The van der Waals surface area contributed by atoms with E-state index in [9.17, 15) is 13.6 Å². The van der Waals surface area contributed by atoms with Crippen molar-refractivity contribution >= 4 is 23.5 Å². The molecule has 2 aromatic carbocycles. The molecule has 1 aromatic heterocycles. The van der Waals surface area contributed by atoms with E-state index in [2.05, 4.69) is 4.98 Å². The third-order valence-electron chi connectivity index (χ3n) is 5.04. The van der Waals surface area contributed by atoms with Crippen molar-refractivity contribution in [2.45, 2.75) is 19.3 Å². The molecule has 1 unspecified atom stereocenters. The van der Waals surface area contributed by atoms with Crippen molar-refractivity contribution in [3.05, 3.63) is 88.7 Å². The van der Waals surface area contributed by atoms with Crippen LogP contribution in [-0.2, 0) is 22.7 Å². The maximum absolute atomic E-state index is 14.6. The monoisotopic (exact) mass is 504 g/mol. The molecule has 0 fully saturated rings. The first-order valence-corrected chi connectivity index (χ1v) is 10.6. The number of pyridine rings is 1. The van der Waals surface area contributed by atoms with Gasteiger partial charge in [-0.25, -0.2) is 13.2 Å². The Labute approximate surface area is 205 Å². The lowest BCUT2D eigenvalue weighted by molar-refractivity contribution is -0.138. The van der Waals surface area contributed by atoms with Gasteiger partial charge in [-0.1, -0.05) is 18.2 Å². The molecule has 0 spiro atoms. The van der Waals surface area contributed by atoms with Gasteiger partial charge in [0, 0.05) is 48.3 Å². The highest BCUT2D eigenvalue weighted by atomic mass is 35.5. The highest BCUT2D eigenvalue weighted by Gasteiger charge is 2.31. The third kappa shape index (κ3) is 6.23. The van der Waals surface area contributed by atoms with Crippen molar-refractivity contribution in [1.82, 2.24) is 9.40 Å². The smallest absolute Gasteiger partial charge is 0.271 e. The second kappa shape index (κ2) is 11.6. The maximum atomic E-state index is 14.6. The molecule has 35 heavy (non-hydrogen) atoms. The molecule has 1 amide bonds. The van der Waals surface area contributed by atoms with E-state index in [4.69, 9.17) is 37.1 Å². The molecule has 1 atom stereocenters. The van der Waals surface area contributed by atoms with E-state index < -0.39 is 29.2 Å². The van der Waals surface area contributed by atoms with Crippen LogP contribution in [0.5, 0.6) is 11.5 Å². The van der Waals surface area contributed by atoms with Crippen molar-refractivity contribution in [3.8, 4) is 11.5 Å². The molecule has 0 aliphatic carbocycles. The molecule has 0 aliphatic rings. The number of rotatable bonds is 10. The maximum Gasteiger partial charge on any atom is 0.271 e. The van der Waals surface area contributed by atoms with E-state index >= 15 is 0 Å². The molecule has 3 N–H and O–H groups in total. The van der Waals surface area contributed by atoms with Crippen molar-refractivity contribution in [3.63, 3.8) is 0 Å². The number of hydrogen-bond donors (Lipinski definition) is 2. The van der Waals surface area contributed by atoms with Crippen LogP contribution >= 0.6 is 11.8 Å². The zero-order chi connectivity index (χ0) is 25.5. The number of amides is 1. The standard InChI is InChI=1S/C24H23ClF2N4O4/c1-33-17-10-18(26)21(19(27)11-17)22(34-2)24(32)31(25)12-15-7-6-14(23(28)29)9-20(15)35-13-16-5-3-4-8-30-16/h3-11,22H,12-13H2,1-2H3,(H3,28,29). The fourth-order valence-electron chi connectivity index (χ4n) is 3.25. The van der Waals surface area contributed by atoms with Gasteiger partial charge in [0.15, 0.2) is 6.10 Å². The fraction of sp³-hybridized carbons (Fsp3) is 0.208. The van der Waals surface area contributed by atoms with E-state index in [1.165, 1.54) is 13.2 Å². The van der Waals surface area contributed by atoms with E-state index in [1.807, 2.05) is 0 Å². The molecule has 0 bridgehead atoms. The van der Waals surface area contributed by atoms with E-state index in [0.717, 1.165) is 23.7 Å². The Balaban J connectivity index is 1.85. The molecule has 11 heteroatoms. The van der Waals surface area contributed by atoms with Crippen LogP contribution in [0, 0.1) is 17.0 Å². The third-order valence-corrected chi connectivity index (χ3v) is 5.32. The Morgan fingerprint density at radius 3 is 2.46 bits per heavy atom. The molecule has 0 saturated heterocycles. The number of ether oxygens (including phenoxy) is 3. The predicted octanol–water partition coefficient (Wildman–Crippen LogP) is 4.10. The molecule has 1 heterocycles. The van der Waals surface area contributed by atoms with Gasteiger partial charge >= 0.3 is 0 Å². The lowest BCUT2D eigenvalue weighted by atomic mass is 10.1. The van der Waals surface area contributed by atoms with Crippen LogP contribution in [0.2, 0.25) is 0 Å². The minimum atomic E-state index is -1.65. The molecule has 0 aliphatic heterocycles. The van der Waals surface area contributed by atoms with Crippen LogP contribution in [0.3, 0.4) is 0 Å². The first-order chi connectivity index (χ1) is 16.7. The summed E-state index contributed by atoms with van der Waals surface area (Å²) >= 11 is 6.24. The topological polar surface area (TPSA) is 111 Å². The highest BCUT2D eigenvalue weighted by molar-refractivity contribution is 6.21. The number of nitrogens with zero attached hydrogens (tertiary/aromatic N) is 2. The van der Waals surface area contributed by atoms with Crippen LogP contribution in [-0.4, -0.2) is 35.4 Å². The van der Waals surface area contributed by atoms with Gasteiger partial charge in [-0.2, -0.15) is 0 Å². The van der Waals surface area contributed by atoms with Crippen LogP contribution in [0.4, 0.5) is 8.78 Å². The zero-order valence-corrected chi connectivity index (χ0v) is 19.7. The summed E-state index contributed by atoms with van der Waals surface area (Å²) in [5.74, 6) is -2.85. The van der Waals surface area contributed by atoms with Gasteiger partial charge in [0.05, 0.1) is 24.9 Å². The molecule has 0 saturated carbocycles. The van der Waals surface area contributed by atoms with Crippen LogP contribution in [0.1, 0.15) is 28.5 Å². The zero-order valence-electron chi connectivity index (χ0n) is 18.9. The number of methoxy groups -OCH3 is 2. The molecule has 3 rings (SSSR count). The lowest BCUT2D eigenvalue weighted by Crippen LogP contribution is -2.30. The number of nitrogens with one attached hydrogen (secondary N) is 1. The molecular weight excluding hydrogens is 482 g/mol. The van der Waals surface area contributed by atoms with Gasteiger partial charge in [0.25, 0.3) is 5.91 Å². The number of amidine groups is 1. The number of aromatic nitrogens is 1. The first-order valence-electron chi connectivity index (χ1n) is 10.3. The molecule has 0 radical (unpaired) electrons. The quantitative estimate of drug-likeness (QED) is 0.244. The Morgan fingerprint density at radius 1 is 1.17 bits per heavy atom. The van der Waals surface area contributed by atoms with Crippen molar-refractivity contribution in [2.24, 2.45) is 5.73 Å². The lowest BCUT2D eigenvalue weighted by Gasteiger charge is -2.23.